The molecule has 1 aliphatic heterocycles. The Morgan fingerprint density at radius 1 is 1.00 bits per heavy atom. The lowest BCUT2D eigenvalue weighted by molar-refractivity contribution is 0.112. The molecule has 3 nitrogen and oxygen atoms in total. The summed E-state index contributed by atoms with van der Waals surface area (Å²) in [7, 11) is 0. The van der Waals surface area contributed by atoms with Crippen LogP contribution in [0.25, 0.3) is 0 Å². The summed E-state index contributed by atoms with van der Waals surface area (Å²) in [5.41, 5.74) is 4.44. The predicted octanol–water partition coefficient (Wildman–Crippen LogP) is 3.69. The zero-order valence-electron chi connectivity index (χ0n) is 13.9. The van der Waals surface area contributed by atoms with Crippen molar-refractivity contribution in [3.05, 3.63) is 65.2 Å². The van der Waals surface area contributed by atoms with Crippen molar-refractivity contribution >= 4 is 12.0 Å². The van der Waals surface area contributed by atoms with Crippen molar-refractivity contribution in [2.24, 2.45) is 0 Å². The second kappa shape index (κ2) is 6.97. The van der Waals surface area contributed by atoms with Crippen molar-refractivity contribution in [1.82, 2.24) is 4.90 Å². The number of nitrogens with zero attached hydrogens (tertiary/aromatic N) is 2. The van der Waals surface area contributed by atoms with Crippen molar-refractivity contribution < 1.29 is 4.79 Å². The van der Waals surface area contributed by atoms with Gasteiger partial charge in [0.05, 0.1) is 0 Å². The third-order valence-electron chi connectivity index (χ3n) is 4.89. The Kier molecular flexibility index (Phi) is 4.77. The first-order valence-corrected chi connectivity index (χ1v) is 8.29. The first-order valence-electron chi connectivity index (χ1n) is 8.29. The van der Waals surface area contributed by atoms with E-state index in [1.54, 1.807) is 0 Å². The number of aryl methyl sites for hydroxylation is 1. The molecule has 0 bridgehead atoms. The molecule has 120 valence electrons. The van der Waals surface area contributed by atoms with Crippen LogP contribution in [-0.4, -0.2) is 37.4 Å². The van der Waals surface area contributed by atoms with Crippen LogP contribution in [0.4, 0.5) is 5.69 Å². The Balaban J connectivity index is 1.64. The van der Waals surface area contributed by atoms with Gasteiger partial charge in [0.25, 0.3) is 0 Å². The van der Waals surface area contributed by atoms with Crippen LogP contribution in [0.2, 0.25) is 0 Å². The quantitative estimate of drug-likeness (QED) is 0.805. The SMILES string of the molecule is Cc1cc(N2CCN(C(C)c3ccccc3)CC2)ccc1C=O. The Bertz CT molecular complexity index is 661. The highest BCUT2D eigenvalue weighted by Crippen LogP contribution is 2.24. The molecule has 0 N–H and O–H groups in total. The summed E-state index contributed by atoms with van der Waals surface area (Å²) in [6.45, 7) is 8.46. The molecule has 1 atom stereocenters. The number of carbonyl (C=O) groups is 1. The van der Waals surface area contributed by atoms with E-state index < -0.39 is 0 Å². The average molecular weight is 308 g/mol. The van der Waals surface area contributed by atoms with Gasteiger partial charge in [-0.05, 0) is 43.2 Å². The Morgan fingerprint density at radius 3 is 2.30 bits per heavy atom. The Hall–Kier alpha value is -2.13. The fourth-order valence-electron chi connectivity index (χ4n) is 3.30. The van der Waals surface area contributed by atoms with Gasteiger partial charge in [-0.1, -0.05) is 30.3 Å². The van der Waals surface area contributed by atoms with Gasteiger partial charge in [0.2, 0.25) is 0 Å². The molecule has 3 heteroatoms. The second-order valence-electron chi connectivity index (χ2n) is 6.27. The lowest BCUT2D eigenvalue weighted by Crippen LogP contribution is -2.47. The van der Waals surface area contributed by atoms with E-state index in [9.17, 15) is 4.79 Å². The van der Waals surface area contributed by atoms with Gasteiger partial charge in [0, 0.05) is 43.5 Å². The summed E-state index contributed by atoms with van der Waals surface area (Å²) in [6, 6.07) is 17.3. The average Bonchev–Trinajstić information content (AvgIpc) is 2.62. The van der Waals surface area contributed by atoms with Gasteiger partial charge in [0.15, 0.2) is 0 Å². The molecule has 0 spiro atoms. The largest absolute Gasteiger partial charge is 0.369 e. The summed E-state index contributed by atoms with van der Waals surface area (Å²) in [6.07, 6.45) is 0.929. The van der Waals surface area contributed by atoms with Gasteiger partial charge in [0.1, 0.15) is 6.29 Å². The van der Waals surface area contributed by atoms with Crippen LogP contribution in [0.3, 0.4) is 0 Å². The van der Waals surface area contributed by atoms with E-state index in [0.29, 0.717) is 6.04 Å². The van der Waals surface area contributed by atoms with Crippen LogP contribution in [0.1, 0.15) is 34.5 Å². The van der Waals surface area contributed by atoms with Crippen molar-refractivity contribution in [1.29, 1.82) is 0 Å². The van der Waals surface area contributed by atoms with Gasteiger partial charge >= 0.3 is 0 Å². The van der Waals surface area contributed by atoms with Crippen molar-refractivity contribution in [3.63, 3.8) is 0 Å². The molecule has 0 aliphatic carbocycles. The van der Waals surface area contributed by atoms with Gasteiger partial charge in [-0.25, -0.2) is 0 Å². The van der Waals surface area contributed by atoms with E-state index in [0.717, 1.165) is 43.6 Å². The molecule has 0 aromatic heterocycles. The molecule has 2 aromatic carbocycles. The zero-order chi connectivity index (χ0) is 16.2. The van der Waals surface area contributed by atoms with Gasteiger partial charge in [-0.2, -0.15) is 0 Å². The lowest BCUT2D eigenvalue weighted by atomic mass is 10.1. The fourth-order valence-corrected chi connectivity index (χ4v) is 3.30. The van der Waals surface area contributed by atoms with Crippen LogP contribution in [0.5, 0.6) is 0 Å². The van der Waals surface area contributed by atoms with Crippen molar-refractivity contribution in [3.8, 4) is 0 Å². The lowest BCUT2D eigenvalue weighted by Gasteiger charge is -2.39. The topological polar surface area (TPSA) is 23.6 Å². The minimum atomic E-state index is 0.456. The third-order valence-corrected chi connectivity index (χ3v) is 4.89. The maximum absolute atomic E-state index is 10.9. The van der Waals surface area contributed by atoms with E-state index in [1.807, 2.05) is 13.0 Å². The number of carbonyl (C=O) groups excluding carboxylic acids is 1. The summed E-state index contributed by atoms with van der Waals surface area (Å²) in [4.78, 5) is 15.9. The second-order valence-corrected chi connectivity index (χ2v) is 6.27. The van der Waals surface area contributed by atoms with E-state index in [4.69, 9.17) is 0 Å². The van der Waals surface area contributed by atoms with Crippen LogP contribution in [-0.2, 0) is 0 Å². The van der Waals surface area contributed by atoms with E-state index in [2.05, 4.69) is 59.2 Å². The number of rotatable bonds is 4. The molecular formula is C20H24N2O. The molecule has 0 amide bonds. The molecule has 1 aliphatic rings. The van der Waals surface area contributed by atoms with Crippen LogP contribution in [0.15, 0.2) is 48.5 Å². The van der Waals surface area contributed by atoms with Gasteiger partial charge < -0.3 is 4.90 Å². The number of piperazine rings is 1. The first-order chi connectivity index (χ1) is 11.2. The molecule has 1 saturated heterocycles. The van der Waals surface area contributed by atoms with Crippen molar-refractivity contribution in [2.75, 3.05) is 31.1 Å². The monoisotopic (exact) mass is 308 g/mol. The fraction of sp³-hybridized carbons (Fsp3) is 0.350. The zero-order valence-corrected chi connectivity index (χ0v) is 13.9. The van der Waals surface area contributed by atoms with E-state index in [1.165, 1.54) is 11.3 Å². The number of hydrogen-bond acceptors (Lipinski definition) is 3. The van der Waals surface area contributed by atoms with Crippen molar-refractivity contribution in [2.45, 2.75) is 19.9 Å². The number of hydrogen-bond donors (Lipinski definition) is 0. The summed E-state index contributed by atoms with van der Waals surface area (Å²) in [5, 5.41) is 0. The summed E-state index contributed by atoms with van der Waals surface area (Å²) < 4.78 is 0. The van der Waals surface area contributed by atoms with E-state index >= 15 is 0 Å². The molecule has 0 saturated carbocycles. The smallest absolute Gasteiger partial charge is 0.150 e. The maximum atomic E-state index is 10.9. The summed E-state index contributed by atoms with van der Waals surface area (Å²) in [5.74, 6) is 0. The molecule has 2 aromatic rings. The Labute approximate surface area is 138 Å². The highest BCUT2D eigenvalue weighted by atomic mass is 16.1. The first kappa shape index (κ1) is 15.8. The molecule has 1 fully saturated rings. The molecule has 0 radical (unpaired) electrons. The predicted molar refractivity (Wildman–Crippen MR) is 95.2 cm³/mol. The molecule has 1 unspecified atom stereocenters. The molecule has 3 rings (SSSR count). The minimum absolute atomic E-state index is 0.456. The normalized spacial score (nSPS) is 17.0. The van der Waals surface area contributed by atoms with E-state index in [-0.39, 0.29) is 0 Å². The molecule has 1 heterocycles. The number of benzene rings is 2. The maximum Gasteiger partial charge on any atom is 0.150 e. The third kappa shape index (κ3) is 3.45. The van der Waals surface area contributed by atoms with Crippen LogP contribution < -0.4 is 4.90 Å². The number of anilines is 1. The highest BCUT2D eigenvalue weighted by molar-refractivity contribution is 5.78. The van der Waals surface area contributed by atoms with Gasteiger partial charge in [-0.15, -0.1) is 0 Å². The standard InChI is InChI=1S/C20H24N2O/c1-16-14-20(9-8-19(16)15-23)22-12-10-21(11-13-22)17(2)18-6-4-3-5-7-18/h3-9,14-15,17H,10-13H2,1-2H3. The minimum Gasteiger partial charge on any atom is -0.369 e. The Morgan fingerprint density at radius 2 is 1.70 bits per heavy atom. The van der Waals surface area contributed by atoms with Crippen LogP contribution in [0, 0.1) is 6.92 Å². The highest BCUT2D eigenvalue weighted by Gasteiger charge is 2.22. The number of aldehydes is 1. The molecular weight excluding hydrogens is 284 g/mol. The van der Waals surface area contributed by atoms with Crippen LogP contribution >= 0.6 is 0 Å². The molecule has 23 heavy (non-hydrogen) atoms. The van der Waals surface area contributed by atoms with Gasteiger partial charge in [-0.3, -0.25) is 9.69 Å². The summed E-state index contributed by atoms with van der Waals surface area (Å²) >= 11 is 0.